The standard InChI is InChI=1S/C15H22N2O3S/c1-4-5-11-7-17(8-12(11)15(19)20)14(18)6-13-9(2)16-10(3)21-13/h11-12H,4-8H2,1-3H3,(H,19,20)/t11-,12-/m1/s1. The lowest BCUT2D eigenvalue weighted by molar-refractivity contribution is -0.142. The van der Waals surface area contributed by atoms with Crippen LogP contribution in [0, 0.1) is 25.7 Å². The number of carboxylic acids is 1. The van der Waals surface area contributed by atoms with Crippen LogP contribution < -0.4 is 0 Å². The van der Waals surface area contributed by atoms with Crippen molar-refractivity contribution in [2.75, 3.05) is 13.1 Å². The van der Waals surface area contributed by atoms with Gasteiger partial charge in [0.25, 0.3) is 0 Å². The van der Waals surface area contributed by atoms with Crippen molar-refractivity contribution in [1.82, 2.24) is 9.88 Å². The number of hydrogen-bond donors (Lipinski definition) is 1. The summed E-state index contributed by atoms with van der Waals surface area (Å²) in [5.74, 6) is -1.10. The molecule has 1 aromatic heterocycles. The van der Waals surface area contributed by atoms with E-state index >= 15 is 0 Å². The summed E-state index contributed by atoms with van der Waals surface area (Å²) in [6.07, 6.45) is 2.14. The third kappa shape index (κ3) is 3.61. The van der Waals surface area contributed by atoms with Crippen molar-refractivity contribution < 1.29 is 14.7 Å². The fourth-order valence-electron chi connectivity index (χ4n) is 3.00. The van der Waals surface area contributed by atoms with Crippen molar-refractivity contribution in [1.29, 1.82) is 0 Å². The number of likely N-dealkylation sites (tertiary alicyclic amines) is 1. The number of nitrogens with zero attached hydrogens (tertiary/aromatic N) is 2. The summed E-state index contributed by atoms with van der Waals surface area (Å²) in [5, 5.41) is 10.3. The molecule has 6 heteroatoms. The van der Waals surface area contributed by atoms with Gasteiger partial charge in [0.15, 0.2) is 0 Å². The van der Waals surface area contributed by atoms with E-state index in [0.29, 0.717) is 19.5 Å². The maximum Gasteiger partial charge on any atom is 0.308 e. The Hall–Kier alpha value is -1.43. The molecule has 0 radical (unpaired) electrons. The Labute approximate surface area is 129 Å². The molecule has 116 valence electrons. The Morgan fingerprint density at radius 1 is 1.38 bits per heavy atom. The first-order valence-electron chi connectivity index (χ1n) is 7.35. The van der Waals surface area contributed by atoms with Crippen LogP contribution in [0.5, 0.6) is 0 Å². The zero-order valence-electron chi connectivity index (χ0n) is 12.8. The number of hydrogen-bond acceptors (Lipinski definition) is 4. The van der Waals surface area contributed by atoms with E-state index < -0.39 is 11.9 Å². The fourth-order valence-corrected chi connectivity index (χ4v) is 3.93. The van der Waals surface area contributed by atoms with Crippen LogP contribution in [-0.2, 0) is 16.0 Å². The molecule has 1 aliphatic rings. The highest BCUT2D eigenvalue weighted by Crippen LogP contribution is 2.29. The summed E-state index contributed by atoms with van der Waals surface area (Å²) >= 11 is 1.54. The first kappa shape index (κ1) is 15.9. The predicted octanol–water partition coefficient (Wildman–Crippen LogP) is 2.26. The molecule has 2 heterocycles. The van der Waals surface area contributed by atoms with Crippen LogP contribution in [0.15, 0.2) is 0 Å². The van der Waals surface area contributed by atoms with Crippen LogP contribution in [0.4, 0.5) is 0 Å². The van der Waals surface area contributed by atoms with Gasteiger partial charge in [-0.1, -0.05) is 13.3 Å². The first-order valence-corrected chi connectivity index (χ1v) is 8.17. The topological polar surface area (TPSA) is 70.5 Å². The molecule has 0 bridgehead atoms. The number of carbonyl (C=O) groups is 2. The smallest absolute Gasteiger partial charge is 0.308 e. The van der Waals surface area contributed by atoms with Crippen molar-refractivity contribution in [3.63, 3.8) is 0 Å². The molecular formula is C15H22N2O3S. The molecule has 0 aromatic carbocycles. The van der Waals surface area contributed by atoms with Crippen molar-refractivity contribution >= 4 is 23.2 Å². The number of aliphatic carboxylic acids is 1. The van der Waals surface area contributed by atoms with Gasteiger partial charge in [-0.25, -0.2) is 4.98 Å². The highest BCUT2D eigenvalue weighted by molar-refractivity contribution is 7.11. The van der Waals surface area contributed by atoms with E-state index in [1.807, 2.05) is 20.8 Å². The number of rotatable bonds is 5. The second kappa shape index (κ2) is 6.56. The van der Waals surface area contributed by atoms with Crippen molar-refractivity contribution in [2.45, 2.75) is 40.0 Å². The summed E-state index contributed by atoms with van der Waals surface area (Å²) in [7, 11) is 0. The minimum atomic E-state index is -0.784. The molecule has 2 rings (SSSR count). The monoisotopic (exact) mass is 310 g/mol. The van der Waals surface area contributed by atoms with Crippen LogP contribution in [0.3, 0.4) is 0 Å². The molecule has 1 aliphatic heterocycles. The molecule has 0 saturated carbocycles. The SMILES string of the molecule is CCC[C@@H]1CN(C(=O)Cc2sc(C)nc2C)C[C@H]1C(=O)O. The van der Waals surface area contributed by atoms with E-state index in [4.69, 9.17) is 0 Å². The number of aromatic nitrogens is 1. The van der Waals surface area contributed by atoms with Crippen molar-refractivity contribution in [3.8, 4) is 0 Å². The Bertz CT molecular complexity index is 541. The van der Waals surface area contributed by atoms with Crippen LogP contribution in [0.1, 0.15) is 35.3 Å². The Morgan fingerprint density at radius 2 is 2.10 bits per heavy atom. The zero-order chi connectivity index (χ0) is 15.6. The lowest BCUT2D eigenvalue weighted by atomic mass is 9.92. The average Bonchev–Trinajstić information content (AvgIpc) is 2.94. The molecule has 5 nitrogen and oxygen atoms in total. The number of thiazole rings is 1. The molecule has 1 fully saturated rings. The van der Waals surface area contributed by atoms with Gasteiger partial charge in [0, 0.05) is 18.0 Å². The largest absolute Gasteiger partial charge is 0.481 e. The summed E-state index contributed by atoms with van der Waals surface area (Å²) in [4.78, 5) is 30.8. The molecule has 1 aromatic rings. The van der Waals surface area contributed by atoms with Gasteiger partial charge in [-0.2, -0.15) is 0 Å². The van der Waals surface area contributed by atoms with E-state index in [2.05, 4.69) is 4.98 Å². The minimum absolute atomic E-state index is 0.0200. The molecule has 0 spiro atoms. The molecule has 1 N–H and O–H groups in total. The normalized spacial score (nSPS) is 21.8. The van der Waals surface area contributed by atoms with Gasteiger partial charge >= 0.3 is 5.97 Å². The summed E-state index contributed by atoms with van der Waals surface area (Å²) in [6.45, 7) is 6.80. The minimum Gasteiger partial charge on any atom is -0.481 e. The summed E-state index contributed by atoms with van der Waals surface area (Å²) < 4.78 is 0. The number of carbonyl (C=O) groups excluding carboxylic acids is 1. The van der Waals surface area contributed by atoms with Gasteiger partial charge < -0.3 is 10.0 Å². The predicted molar refractivity (Wildman–Crippen MR) is 81.4 cm³/mol. The lowest BCUT2D eigenvalue weighted by Gasteiger charge is -2.15. The summed E-state index contributed by atoms with van der Waals surface area (Å²) in [5.41, 5.74) is 0.907. The maximum absolute atomic E-state index is 12.4. The molecule has 21 heavy (non-hydrogen) atoms. The molecule has 1 amide bonds. The number of carboxylic acid groups (broad SMARTS) is 1. The van der Waals surface area contributed by atoms with E-state index in [0.717, 1.165) is 28.4 Å². The Morgan fingerprint density at radius 3 is 2.62 bits per heavy atom. The van der Waals surface area contributed by atoms with E-state index in [-0.39, 0.29) is 11.8 Å². The first-order chi connectivity index (χ1) is 9.92. The van der Waals surface area contributed by atoms with Gasteiger partial charge in [0.2, 0.25) is 5.91 Å². The molecular weight excluding hydrogens is 288 g/mol. The van der Waals surface area contributed by atoms with Gasteiger partial charge in [0.05, 0.1) is 23.0 Å². The van der Waals surface area contributed by atoms with E-state index in [9.17, 15) is 14.7 Å². The van der Waals surface area contributed by atoms with Crippen LogP contribution in [0.2, 0.25) is 0 Å². The summed E-state index contributed by atoms with van der Waals surface area (Å²) in [6, 6.07) is 0. The van der Waals surface area contributed by atoms with Gasteiger partial charge in [-0.3, -0.25) is 9.59 Å². The molecule has 0 aliphatic carbocycles. The van der Waals surface area contributed by atoms with Gasteiger partial charge in [-0.05, 0) is 26.2 Å². The van der Waals surface area contributed by atoms with Crippen molar-refractivity contribution in [3.05, 3.63) is 15.6 Å². The second-order valence-electron chi connectivity index (χ2n) is 5.71. The van der Waals surface area contributed by atoms with Crippen LogP contribution in [-0.4, -0.2) is 40.0 Å². The third-order valence-electron chi connectivity index (χ3n) is 4.08. The highest BCUT2D eigenvalue weighted by Gasteiger charge is 2.38. The Kier molecular flexibility index (Phi) is 4.98. The lowest BCUT2D eigenvalue weighted by Crippen LogP contribution is -2.31. The number of amides is 1. The average molecular weight is 310 g/mol. The van der Waals surface area contributed by atoms with Gasteiger partial charge in [0.1, 0.15) is 0 Å². The maximum atomic E-state index is 12.4. The van der Waals surface area contributed by atoms with Gasteiger partial charge in [-0.15, -0.1) is 11.3 Å². The highest BCUT2D eigenvalue weighted by atomic mass is 32.1. The number of aryl methyl sites for hydroxylation is 2. The van der Waals surface area contributed by atoms with E-state index in [1.165, 1.54) is 0 Å². The fraction of sp³-hybridized carbons (Fsp3) is 0.667. The Balaban J connectivity index is 2.03. The second-order valence-corrected chi connectivity index (χ2v) is 7.00. The third-order valence-corrected chi connectivity index (χ3v) is 5.15. The molecule has 0 unspecified atom stereocenters. The van der Waals surface area contributed by atoms with E-state index in [1.54, 1.807) is 16.2 Å². The molecule has 1 saturated heterocycles. The molecule has 2 atom stereocenters. The zero-order valence-corrected chi connectivity index (χ0v) is 13.6. The van der Waals surface area contributed by atoms with Crippen LogP contribution >= 0.6 is 11.3 Å². The quantitative estimate of drug-likeness (QED) is 0.905. The van der Waals surface area contributed by atoms with Crippen molar-refractivity contribution in [2.24, 2.45) is 11.8 Å². The van der Waals surface area contributed by atoms with Crippen LogP contribution in [0.25, 0.3) is 0 Å².